The Hall–Kier alpha value is -1.90. The smallest absolute Gasteiger partial charge is 0.201 e. The summed E-state index contributed by atoms with van der Waals surface area (Å²) in [4.78, 5) is 0. The minimum atomic E-state index is -0.882. The van der Waals surface area contributed by atoms with Crippen molar-refractivity contribution in [1.29, 1.82) is 0 Å². The van der Waals surface area contributed by atoms with E-state index < -0.39 is 11.6 Å². The lowest BCUT2D eigenvalue weighted by atomic mass is 9.77. The van der Waals surface area contributed by atoms with Crippen LogP contribution in [0.15, 0.2) is 36.4 Å². The monoisotopic (exact) mass is 442 g/mol. The standard InChI is InChI=1S/C29H40F2O/c1-3-5-6-7-8-9-10-21-32-27-20-19-26(28(30)29(27)31)25-17-15-24(16-18-25)23-13-11-22(4-2)12-14-23/h15-20,22-23H,3-14,21H2,1-2H3. The van der Waals surface area contributed by atoms with E-state index in [1.165, 1.54) is 69.8 Å². The molecule has 1 saturated carbocycles. The summed E-state index contributed by atoms with van der Waals surface area (Å²) in [5, 5.41) is 0. The lowest BCUT2D eigenvalue weighted by Gasteiger charge is -2.28. The summed E-state index contributed by atoms with van der Waals surface area (Å²) in [5.74, 6) is -0.225. The third-order valence-electron chi connectivity index (χ3n) is 7.17. The van der Waals surface area contributed by atoms with Crippen LogP contribution >= 0.6 is 0 Å². The molecule has 1 aliphatic rings. The van der Waals surface area contributed by atoms with Crippen LogP contribution in [0.4, 0.5) is 8.78 Å². The highest BCUT2D eigenvalue weighted by atomic mass is 19.2. The van der Waals surface area contributed by atoms with E-state index in [1.54, 1.807) is 12.1 Å². The molecule has 0 bridgehead atoms. The third-order valence-corrected chi connectivity index (χ3v) is 7.17. The maximum Gasteiger partial charge on any atom is 0.201 e. The first-order valence-corrected chi connectivity index (χ1v) is 12.8. The highest BCUT2D eigenvalue weighted by Crippen LogP contribution is 2.38. The molecule has 1 aliphatic carbocycles. The van der Waals surface area contributed by atoms with E-state index in [2.05, 4.69) is 26.0 Å². The first-order chi connectivity index (χ1) is 15.6. The molecule has 2 aromatic rings. The van der Waals surface area contributed by atoms with Gasteiger partial charge in [0.15, 0.2) is 11.6 Å². The van der Waals surface area contributed by atoms with Crippen molar-refractivity contribution >= 4 is 0 Å². The Labute approximate surface area is 193 Å². The number of hydrogen-bond donors (Lipinski definition) is 0. The van der Waals surface area contributed by atoms with E-state index in [-0.39, 0.29) is 5.75 Å². The zero-order chi connectivity index (χ0) is 22.8. The number of benzene rings is 2. The van der Waals surface area contributed by atoms with Crippen molar-refractivity contribution in [3.63, 3.8) is 0 Å². The minimum Gasteiger partial charge on any atom is -0.490 e. The fraction of sp³-hybridized carbons (Fsp3) is 0.586. The van der Waals surface area contributed by atoms with Crippen LogP contribution in [0.3, 0.4) is 0 Å². The summed E-state index contributed by atoms with van der Waals surface area (Å²) in [6.07, 6.45) is 14.5. The van der Waals surface area contributed by atoms with E-state index in [4.69, 9.17) is 4.74 Å². The van der Waals surface area contributed by atoms with Crippen molar-refractivity contribution in [2.75, 3.05) is 6.61 Å². The second-order valence-corrected chi connectivity index (χ2v) is 9.46. The Morgan fingerprint density at radius 1 is 0.750 bits per heavy atom. The molecule has 3 heteroatoms. The van der Waals surface area contributed by atoms with Crippen molar-refractivity contribution in [3.8, 4) is 16.9 Å². The normalized spacial score (nSPS) is 18.6. The summed E-state index contributed by atoms with van der Waals surface area (Å²) < 4.78 is 34.9. The fourth-order valence-electron chi connectivity index (χ4n) is 4.95. The molecular weight excluding hydrogens is 402 g/mol. The van der Waals surface area contributed by atoms with Gasteiger partial charge in [0.05, 0.1) is 6.61 Å². The third kappa shape index (κ3) is 6.80. The first kappa shape index (κ1) is 24.7. The molecule has 0 spiro atoms. The number of unbranched alkanes of at least 4 members (excludes halogenated alkanes) is 6. The van der Waals surface area contributed by atoms with Crippen molar-refractivity contribution in [3.05, 3.63) is 53.6 Å². The Kier molecular flexibility index (Phi) is 10.0. The molecule has 1 nitrogen and oxygen atoms in total. The Bertz CT molecular complexity index is 807. The lowest BCUT2D eigenvalue weighted by molar-refractivity contribution is 0.285. The minimum absolute atomic E-state index is 0.0153. The summed E-state index contributed by atoms with van der Waals surface area (Å²) >= 11 is 0. The van der Waals surface area contributed by atoms with E-state index in [1.807, 2.05) is 12.1 Å². The van der Waals surface area contributed by atoms with Gasteiger partial charge >= 0.3 is 0 Å². The van der Waals surface area contributed by atoms with Crippen LogP contribution in [0, 0.1) is 17.6 Å². The molecule has 0 aromatic heterocycles. The molecule has 2 aromatic carbocycles. The number of ether oxygens (including phenoxy) is 1. The van der Waals surface area contributed by atoms with Gasteiger partial charge in [-0.05, 0) is 67.2 Å². The van der Waals surface area contributed by atoms with E-state index in [0.717, 1.165) is 18.8 Å². The number of halogens is 2. The lowest BCUT2D eigenvalue weighted by Crippen LogP contribution is -2.12. The van der Waals surface area contributed by atoms with Crippen LogP contribution in [0.25, 0.3) is 11.1 Å². The van der Waals surface area contributed by atoms with Crippen LogP contribution in [0.5, 0.6) is 5.75 Å². The number of rotatable bonds is 12. The number of hydrogen-bond acceptors (Lipinski definition) is 1. The van der Waals surface area contributed by atoms with Gasteiger partial charge in [-0.2, -0.15) is 4.39 Å². The van der Waals surface area contributed by atoms with E-state index in [9.17, 15) is 8.78 Å². The summed E-state index contributed by atoms with van der Waals surface area (Å²) in [7, 11) is 0. The van der Waals surface area contributed by atoms with Crippen LogP contribution < -0.4 is 4.74 Å². The molecule has 0 unspecified atom stereocenters. The van der Waals surface area contributed by atoms with Crippen molar-refractivity contribution < 1.29 is 13.5 Å². The molecule has 0 atom stereocenters. The fourth-order valence-corrected chi connectivity index (χ4v) is 4.95. The molecule has 0 radical (unpaired) electrons. The quantitative estimate of drug-likeness (QED) is 0.297. The summed E-state index contributed by atoms with van der Waals surface area (Å²) in [6, 6.07) is 11.2. The highest BCUT2D eigenvalue weighted by Gasteiger charge is 2.21. The van der Waals surface area contributed by atoms with E-state index in [0.29, 0.717) is 23.7 Å². The van der Waals surface area contributed by atoms with Gasteiger partial charge in [0.2, 0.25) is 5.82 Å². The molecule has 1 fully saturated rings. The average molecular weight is 443 g/mol. The topological polar surface area (TPSA) is 9.23 Å². The predicted molar refractivity (Wildman–Crippen MR) is 130 cm³/mol. The van der Waals surface area contributed by atoms with Crippen molar-refractivity contribution in [2.24, 2.45) is 5.92 Å². The zero-order valence-electron chi connectivity index (χ0n) is 20.0. The van der Waals surface area contributed by atoms with Gasteiger partial charge in [0, 0.05) is 5.56 Å². The van der Waals surface area contributed by atoms with Gasteiger partial charge in [0.1, 0.15) is 0 Å². The highest BCUT2D eigenvalue weighted by molar-refractivity contribution is 5.65. The van der Waals surface area contributed by atoms with E-state index >= 15 is 0 Å². The van der Waals surface area contributed by atoms with Gasteiger partial charge < -0.3 is 4.74 Å². The van der Waals surface area contributed by atoms with Gasteiger partial charge in [-0.1, -0.05) is 83.1 Å². The average Bonchev–Trinajstić information content (AvgIpc) is 2.83. The van der Waals surface area contributed by atoms with Crippen molar-refractivity contribution in [1.82, 2.24) is 0 Å². The molecule has 0 aliphatic heterocycles. The Morgan fingerprint density at radius 2 is 1.41 bits per heavy atom. The molecule has 3 rings (SSSR count). The maximum atomic E-state index is 14.8. The Balaban J connectivity index is 1.53. The predicted octanol–water partition coefficient (Wildman–Crippen LogP) is 9.44. The molecule has 176 valence electrons. The van der Waals surface area contributed by atoms with Crippen LogP contribution in [-0.2, 0) is 0 Å². The summed E-state index contributed by atoms with van der Waals surface area (Å²) in [5.41, 5.74) is 2.33. The van der Waals surface area contributed by atoms with Crippen LogP contribution in [-0.4, -0.2) is 6.61 Å². The van der Waals surface area contributed by atoms with Crippen LogP contribution in [0.1, 0.15) is 102 Å². The molecular formula is C29H40F2O. The molecule has 0 N–H and O–H groups in total. The SMILES string of the molecule is CCCCCCCCCOc1ccc(-c2ccc(C3CCC(CC)CC3)cc2)c(F)c1F. The second kappa shape index (κ2) is 13.0. The zero-order valence-corrected chi connectivity index (χ0v) is 20.0. The maximum absolute atomic E-state index is 14.8. The van der Waals surface area contributed by atoms with Gasteiger partial charge in [0.25, 0.3) is 0 Å². The molecule has 0 amide bonds. The van der Waals surface area contributed by atoms with Gasteiger partial charge in [-0.25, -0.2) is 4.39 Å². The Morgan fingerprint density at radius 3 is 2.06 bits per heavy atom. The largest absolute Gasteiger partial charge is 0.490 e. The van der Waals surface area contributed by atoms with Crippen molar-refractivity contribution in [2.45, 2.75) is 96.8 Å². The summed E-state index contributed by atoms with van der Waals surface area (Å²) in [6.45, 7) is 4.92. The molecule has 0 heterocycles. The molecule has 0 saturated heterocycles. The van der Waals surface area contributed by atoms with Gasteiger partial charge in [-0.3, -0.25) is 0 Å². The molecule has 32 heavy (non-hydrogen) atoms. The van der Waals surface area contributed by atoms with Gasteiger partial charge in [-0.15, -0.1) is 0 Å². The van der Waals surface area contributed by atoms with Crippen LogP contribution in [0.2, 0.25) is 0 Å². The first-order valence-electron chi connectivity index (χ1n) is 12.8. The second-order valence-electron chi connectivity index (χ2n) is 9.46.